The Kier molecular flexibility index (Phi) is 6.69. The lowest BCUT2D eigenvalue weighted by molar-refractivity contribution is -0.122. The lowest BCUT2D eigenvalue weighted by Crippen LogP contribution is -2.45. The molecule has 1 amide bonds. The number of carbonyl (C=O) groups excluding carboxylic acids is 1. The Bertz CT molecular complexity index is 1150. The van der Waals surface area contributed by atoms with Gasteiger partial charge in [-0.25, -0.2) is 4.98 Å². The number of thiocarbonyl (C=S) groups is 1. The number of aryl methyl sites for hydroxylation is 1. The van der Waals surface area contributed by atoms with Gasteiger partial charge in [0.25, 0.3) is 11.5 Å². The number of rotatable bonds is 5. The van der Waals surface area contributed by atoms with Crippen molar-refractivity contribution in [1.82, 2.24) is 19.2 Å². The predicted molar refractivity (Wildman–Crippen MR) is 135 cm³/mol. The highest BCUT2D eigenvalue weighted by molar-refractivity contribution is 8.26. The Morgan fingerprint density at radius 3 is 2.62 bits per heavy atom. The first-order valence-corrected chi connectivity index (χ1v) is 12.2. The number of hydrogen-bond acceptors (Lipinski definition) is 7. The molecule has 0 spiro atoms. The molecular weight excluding hydrogens is 442 g/mol. The fourth-order valence-corrected chi connectivity index (χ4v) is 5.19. The van der Waals surface area contributed by atoms with Gasteiger partial charge in [-0.15, -0.1) is 0 Å². The Labute approximate surface area is 198 Å². The van der Waals surface area contributed by atoms with Crippen molar-refractivity contribution in [2.45, 2.75) is 27.2 Å². The highest BCUT2D eigenvalue weighted by atomic mass is 32.2. The smallest absolute Gasteiger partial charge is 0.267 e. The molecule has 2 aromatic rings. The van der Waals surface area contributed by atoms with Gasteiger partial charge in [-0.1, -0.05) is 43.9 Å². The third kappa shape index (κ3) is 4.46. The van der Waals surface area contributed by atoms with Crippen LogP contribution in [0.4, 0.5) is 5.82 Å². The molecule has 9 heteroatoms. The van der Waals surface area contributed by atoms with Gasteiger partial charge in [-0.3, -0.25) is 18.9 Å². The van der Waals surface area contributed by atoms with Crippen molar-refractivity contribution in [1.29, 1.82) is 0 Å². The quantitative estimate of drug-likeness (QED) is 0.491. The Morgan fingerprint density at radius 2 is 1.94 bits per heavy atom. The second-order valence-corrected chi connectivity index (χ2v) is 10.5. The van der Waals surface area contributed by atoms with E-state index in [9.17, 15) is 9.59 Å². The van der Waals surface area contributed by atoms with Gasteiger partial charge in [-0.05, 0) is 44.0 Å². The van der Waals surface area contributed by atoms with E-state index in [0.717, 1.165) is 38.2 Å². The molecule has 0 unspecified atom stereocenters. The summed E-state index contributed by atoms with van der Waals surface area (Å²) in [4.78, 5) is 38.1. The fourth-order valence-electron chi connectivity index (χ4n) is 3.90. The number of nitrogens with zero attached hydrogens (tertiary/aromatic N) is 5. The van der Waals surface area contributed by atoms with Gasteiger partial charge in [0, 0.05) is 38.9 Å². The van der Waals surface area contributed by atoms with Gasteiger partial charge in [0.05, 0.1) is 10.5 Å². The molecule has 0 atom stereocenters. The van der Waals surface area contributed by atoms with Crippen LogP contribution in [0.2, 0.25) is 0 Å². The summed E-state index contributed by atoms with van der Waals surface area (Å²) in [5, 5.41) is 0. The SMILES string of the molecule is Cc1cccn2c(=O)c(/C=C3/SC(=S)N(CCC(C)C)C3=O)c(N3CCN(C)CC3)nc12. The van der Waals surface area contributed by atoms with Crippen LogP contribution in [0.1, 0.15) is 31.4 Å². The minimum absolute atomic E-state index is 0.126. The van der Waals surface area contributed by atoms with Crippen molar-refractivity contribution in [3.63, 3.8) is 0 Å². The number of piperazine rings is 1. The van der Waals surface area contributed by atoms with Crippen LogP contribution in [0.15, 0.2) is 28.0 Å². The van der Waals surface area contributed by atoms with Gasteiger partial charge in [0.1, 0.15) is 15.8 Å². The van der Waals surface area contributed by atoms with Crippen LogP contribution in [0.5, 0.6) is 0 Å². The zero-order chi connectivity index (χ0) is 23.0. The molecule has 0 bridgehead atoms. The zero-order valence-corrected chi connectivity index (χ0v) is 20.6. The third-order valence-corrected chi connectivity index (χ3v) is 7.32. The largest absolute Gasteiger partial charge is 0.353 e. The summed E-state index contributed by atoms with van der Waals surface area (Å²) in [5.41, 5.74) is 1.86. The normalized spacial score (nSPS) is 19.2. The predicted octanol–water partition coefficient (Wildman–Crippen LogP) is 3.00. The van der Waals surface area contributed by atoms with Crippen LogP contribution in [-0.2, 0) is 4.79 Å². The molecule has 0 aromatic carbocycles. The second kappa shape index (κ2) is 9.33. The van der Waals surface area contributed by atoms with Crippen molar-refractivity contribution in [3.05, 3.63) is 44.7 Å². The molecular formula is C23H29N5O2S2. The molecule has 2 aliphatic rings. The van der Waals surface area contributed by atoms with E-state index in [0.29, 0.717) is 38.7 Å². The summed E-state index contributed by atoms with van der Waals surface area (Å²) in [6, 6.07) is 3.80. The number of thioether (sulfide) groups is 1. The van der Waals surface area contributed by atoms with Crippen molar-refractivity contribution in [2.24, 2.45) is 5.92 Å². The average molecular weight is 472 g/mol. The van der Waals surface area contributed by atoms with Gasteiger partial charge >= 0.3 is 0 Å². The van der Waals surface area contributed by atoms with Crippen LogP contribution >= 0.6 is 24.0 Å². The summed E-state index contributed by atoms with van der Waals surface area (Å²) in [6.45, 7) is 10.1. The van der Waals surface area contributed by atoms with E-state index in [1.807, 2.05) is 19.1 Å². The van der Waals surface area contributed by atoms with Crippen molar-refractivity contribution in [3.8, 4) is 0 Å². The third-order valence-electron chi connectivity index (χ3n) is 5.95. The van der Waals surface area contributed by atoms with E-state index in [1.165, 1.54) is 11.8 Å². The minimum Gasteiger partial charge on any atom is -0.353 e. The molecule has 0 aliphatic carbocycles. The minimum atomic E-state index is -0.167. The van der Waals surface area contributed by atoms with Crippen molar-refractivity contribution in [2.75, 3.05) is 44.7 Å². The maximum atomic E-state index is 13.6. The number of pyridine rings is 1. The molecule has 2 aromatic heterocycles. The van der Waals surface area contributed by atoms with E-state index in [4.69, 9.17) is 17.2 Å². The molecule has 2 aliphatic heterocycles. The number of amides is 1. The van der Waals surface area contributed by atoms with Gasteiger partial charge < -0.3 is 9.80 Å². The van der Waals surface area contributed by atoms with Crippen molar-refractivity contribution < 1.29 is 4.79 Å². The van der Waals surface area contributed by atoms with E-state index >= 15 is 0 Å². The maximum Gasteiger partial charge on any atom is 0.267 e. The van der Waals surface area contributed by atoms with E-state index < -0.39 is 0 Å². The first-order chi connectivity index (χ1) is 15.3. The molecule has 0 N–H and O–H groups in total. The topological polar surface area (TPSA) is 61.2 Å². The Morgan fingerprint density at radius 1 is 1.22 bits per heavy atom. The first-order valence-electron chi connectivity index (χ1n) is 11.0. The number of fused-ring (bicyclic) bond motifs is 1. The first kappa shape index (κ1) is 22.9. The van der Waals surface area contributed by atoms with Crippen LogP contribution < -0.4 is 10.5 Å². The molecule has 7 nitrogen and oxygen atoms in total. The molecule has 2 saturated heterocycles. The highest BCUT2D eigenvalue weighted by Crippen LogP contribution is 2.34. The van der Waals surface area contributed by atoms with Crippen LogP contribution in [-0.4, -0.2) is 69.2 Å². The summed E-state index contributed by atoms with van der Waals surface area (Å²) in [5.74, 6) is 0.994. The monoisotopic (exact) mass is 471 g/mol. The molecule has 2 fully saturated rings. The lowest BCUT2D eigenvalue weighted by atomic mass is 10.1. The molecule has 0 radical (unpaired) electrons. The number of carbonyl (C=O) groups is 1. The number of likely N-dealkylation sites (N-methyl/N-ethyl adjacent to an activating group) is 1. The van der Waals surface area contributed by atoms with Gasteiger partial charge in [-0.2, -0.15) is 0 Å². The van der Waals surface area contributed by atoms with Crippen LogP contribution in [0, 0.1) is 12.8 Å². The van der Waals surface area contributed by atoms with Crippen LogP contribution in [0.3, 0.4) is 0 Å². The Balaban J connectivity index is 1.80. The number of anilines is 1. The molecule has 0 saturated carbocycles. The second-order valence-electron chi connectivity index (χ2n) is 8.85. The summed E-state index contributed by atoms with van der Waals surface area (Å²) in [6.07, 6.45) is 4.31. The van der Waals surface area contributed by atoms with E-state index in [2.05, 4.69) is 30.7 Å². The number of hydrogen-bond donors (Lipinski definition) is 0. The van der Waals surface area contributed by atoms with Gasteiger partial charge in [0.2, 0.25) is 0 Å². The van der Waals surface area contributed by atoms with Crippen molar-refractivity contribution >= 4 is 51.7 Å². The summed E-state index contributed by atoms with van der Waals surface area (Å²) in [7, 11) is 2.09. The Hall–Kier alpha value is -2.23. The summed E-state index contributed by atoms with van der Waals surface area (Å²) < 4.78 is 2.12. The fraction of sp³-hybridized carbons (Fsp3) is 0.478. The standard InChI is InChI=1S/C23H29N5O2S2/c1-15(2)7-9-28-22(30)18(32-23(28)31)14-17-20(26-12-10-25(4)11-13-26)24-19-16(3)6-5-8-27(19)21(17)29/h5-6,8,14-15H,7,9-13H2,1-4H3/b18-14+. The highest BCUT2D eigenvalue weighted by Gasteiger charge is 2.33. The van der Waals surface area contributed by atoms with Crippen LogP contribution in [0.25, 0.3) is 11.7 Å². The van der Waals surface area contributed by atoms with E-state index in [-0.39, 0.29) is 11.5 Å². The molecule has 170 valence electrons. The lowest BCUT2D eigenvalue weighted by Gasteiger charge is -2.34. The maximum absolute atomic E-state index is 13.6. The summed E-state index contributed by atoms with van der Waals surface area (Å²) >= 11 is 6.74. The number of aromatic nitrogens is 2. The molecule has 32 heavy (non-hydrogen) atoms. The average Bonchev–Trinajstić information content (AvgIpc) is 3.02. The zero-order valence-electron chi connectivity index (χ0n) is 19.0. The molecule has 4 heterocycles. The molecule has 4 rings (SSSR count). The van der Waals surface area contributed by atoms with E-state index in [1.54, 1.807) is 21.6 Å². The van der Waals surface area contributed by atoms with Gasteiger partial charge in [0.15, 0.2) is 0 Å².